The Hall–Kier alpha value is -1.81. The molecule has 0 unspecified atom stereocenters. The summed E-state index contributed by atoms with van der Waals surface area (Å²) in [6, 6.07) is 13.1. The number of methoxy groups -OCH3 is 1. The number of ketones is 1. The molecule has 104 valence electrons. The molecule has 0 radical (unpaired) electrons. The van der Waals surface area contributed by atoms with Crippen LogP contribution in [-0.2, 0) is 6.61 Å². The summed E-state index contributed by atoms with van der Waals surface area (Å²) in [5.41, 5.74) is 1.65. The van der Waals surface area contributed by atoms with Gasteiger partial charge in [0.05, 0.1) is 7.11 Å². The Bertz CT molecular complexity index is 623. The molecule has 3 nitrogen and oxygen atoms in total. The van der Waals surface area contributed by atoms with Gasteiger partial charge in [-0.05, 0) is 31.2 Å². The highest BCUT2D eigenvalue weighted by atomic mass is 79.9. The van der Waals surface area contributed by atoms with Crippen LogP contribution >= 0.6 is 15.9 Å². The van der Waals surface area contributed by atoms with Crippen LogP contribution in [0.3, 0.4) is 0 Å². The summed E-state index contributed by atoms with van der Waals surface area (Å²) in [6.07, 6.45) is 0. The zero-order chi connectivity index (χ0) is 14.5. The molecule has 0 atom stereocenters. The van der Waals surface area contributed by atoms with E-state index in [1.54, 1.807) is 25.3 Å². The van der Waals surface area contributed by atoms with Gasteiger partial charge in [-0.3, -0.25) is 4.79 Å². The van der Waals surface area contributed by atoms with Gasteiger partial charge in [-0.1, -0.05) is 34.1 Å². The molecule has 0 aliphatic rings. The Balaban J connectivity index is 2.17. The largest absolute Gasteiger partial charge is 0.493 e. The van der Waals surface area contributed by atoms with Gasteiger partial charge in [-0.25, -0.2) is 0 Å². The van der Waals surface area contributed by atoms with E-state index in [4.69, 9.17) is 9.47 Å². The van der Waals surface area contributed by atoms with Crippen LogP contribution < -0.4 is 9.47 Å². The first kappa shape index (κ1) is 14.6. The number of Topliss-reactive ketones (excluding diaryl/α,β-unsaturated/α-hetero) is 1. The summed E-state index contributed by atoms with van der Waals surface area (Å²) in [5, 5.41) is 0. The second-order valence-corrected chi connectivity index (χ2v) is 5.16. The maximum Gasteiger partial charge on any atom is 0.161 e. The van der Waals surface area contributed by atoms with Crippen molar-refractivity contribution in [3.63, 3.8) is 0 Å². The predicted octanol–water partition coefficient (Wildman–Crippen LogP) is 4.24. The Labute approximate surface area is 126 Å². The molecule has 0 fully saturated rings. The first-order valence-electron chi connectivity index (χ1n) is 6.17. The number of carbonyl (C=O) groups excluding carboxylic acids is 1. The fourth-order valence-corrected chi connectivity index (χ4v) is 2.18. The third-order valence-corrected chi connectivity index (χ3v) is 3.68. The molecule has 2 aromatic rings. The molecule has 0 heterocycles. The number of benzene rings is 2. The van der Waals surface area contributed by atoms with Crippen molar-refractivity contribution in [3.8, 4) is 11.5 Å². The Kier molecular flexibility index (Phi) is 4.79. The van der Waals surface area contributed by atoms with E-state index >= 15 is 0 Å². The van der Waals surface area contributed by atoms with Crippen LogP contribution in [0, 0.1) is 0 Å². The number of carbonyl (C=O) groups is 1. The van der Waals surface area contributed by atoms with Crippen molar-refractivity contribution in [2.75, 3.05) is 7.11 Å². The van der Waals surface area contributed by atoms with Crippen molar-refractivity contribution < 1.29 is 14.3 Å². The monoisotopic (exact) mass is 334 g/mol. The molecule has 2 rings (SSSR count). The minimum atomic E-state index is 0.000605. The summed E-state index contributed by atoms with van der Waals surface area (Å²) in [7, 11) is 1.56. The molecule has 0 bridgehead atoms. The fraction of sp³-hybridized carbons (Fsp3) is 0.188. The number of ether oxygens (including phenoxy) is 2. The van der Waals surface area contributed by atoms with Crippen LogP contribution in [0.2, 0.25) is 0 Å². The molecule has 4 heteroatoms. The van der Waals surface area contributed by atoms with Gasteiger partial charge in [0.2, 0.25) is 0 Å². The summed E-state index contributed by atoms with van der Waals surface area (Å²) >= 11 is 3.48. The molecule has 2 aromatic carbocycles. The molecule has 0 aliphatic carbocycles. The Morgan fingerprint density at radius 1 is 1.15 bits per heavy atom. The molecular weight excluding hydrogens is 320 g/mol. The van der Waals surface area contributed by atoms with E-state index in [0.717, 1.165) is 10.0 Å². The zero-order valence-electron chi connectivity index (χ0n) is 11.4. The van der Waals surface area contributed by atoms with E-state index in [1.165, 1.54) is 6.92 Å². The van der Waals surface area contributed by atoms with Gasteiger partial charge in [-0.15, -0.1) is 0 Å². The molecule has 0 saturated carbocycles. The maximum atomic E-state index is 11.3. The Morgan fingerprint density at radius 2 is 1.90 bits per heavy atom. The van der Waals surface area contributed by atoms with Crippen LogP contribution in [0.1, 0.15) is 22.8 Å². The molecule has 0 aromatic heterocycles. The van der Waals surface area contributed by atoms with Gasteiger partial charge in [-0.2, -0.15) is 0 Å². The maximum absolute atomic E-state index is 11.3. The average molecular weight is 335 g/mol. The third-order valence-electron chi connectivity index (χ3n) is 2.91. The predicted molar refractivity (Wildman–Crippen MR) is 81.5 cm³/mol. The van der Waals surface area contributed by atoms with E-state index in [9.17, 15) is 4.79 Å². The molecule has 0 N–H and O–H groups in total. The molecule has 20 heavy (non-hydrogen) atoms. The lowest BCUT2D eigenvalue weighted by molar-refractivity contribution is 0.101. The molecule has 0 spiro atoms. The van der Waals surface area contributed by atoms with Gasteiger partial charge in [0, 0.05) is 15.6 Å². The van der Waals surface area contributed by atoms with Crippen LogP contribution in [0.5, 0.6) is 11.5 Å². The smallest absolute Gasteiger partial charge is 0.161 e. The Morgan fingerprint density at radius 3 is 2.55 bits per heavy atom. The van der Waals surface area contributed by atoms with Gasteiger partial charge in [0.1, 0.15) is 6.61 Å². The third kappa shape index (κ3) is 3.39. The second kappa shape index (κ2) is 6.57. The first-order chi connectivity index (χ1) is 9.61. The lowest BCUT2D eigenvalue weighted by atomic mass is 10.1. The lowest BCUT2D eigenvalue weighted by Crippen LogP contribution is -2.00. The summed E-state index contributed by atoms with van der Waals surface area (Å²) in [5.74, 6) is 1.18. The van der Waals surface area contributed by atoms with E-state index in [2.05, 4.69) is 15.9 Å². The fourth-order valence-electron chi connectivity index (χ4n) is 1.78. The lowest BCUT2D eigenvalue weighted by Gasteiger charge is -2.12. The van der Waals surface area contributed by atoms with Gasteiger partial charge >= 0.3 is 0 Å². The van der Waals surface area contributed by atoms with E-state index in [1.807, 2.05) is 24.3 Å². The zero-order valence-corrected chi connectivity index (χ0v) is 12.9. The van der Waals surface area contributed by atoms with E-state index in [-0.39, 0.29) is 5.78 Å². The number of rotatable bonds is 5. The number of hydrogen-bond acceptors (Lipinski definition) is 3. The van der Waals surface area contributed by atoms with Gasteiger partial charge in [0.25, 0.3) is 0 Å². The number of halogens is 1. The highest BCUT2D eigenvalue weighted by Gasteiger charge is 2.09. The minimum absolute atomic E-state index is 0.000605. The minimum Gasteiger partial charge on any atom is -0.493 e. The van der Waals surface area contributed by atoms with Crippen LogP contribution in [0.4, 0.5) is 0 Å². The first-order valence-corrected chi connectivity index (χ1v) is 6.96. The quantitative estimate of drug-likeness (QED) is 0.767. The molecular formula is C16H15BrO3. The summed E-state index contributed by atoms with van der Waals surface area (Å²) < 4.78 is 12.0. The topological polar surface area (TPSA) is 35.5 Å². The van der Waals surface area contributed by atoms with E-state index < -0.39 is 0 Å². The second-order valence-electron chi connectivity index (χ2n) is 4.30. The number of hydrogen-bond donors (Lipinski definition) is 0. The van der Waals surface area contributed by atoms with Gasteiger partial charge in [0.15, 0.2) is 17.3 Å². The summed E-state index contributed by atoms with van der Waals surface area (Å²) in [4.78, 5) is 11.3. The van der Waals surface area contributed by atoms with Crippen molar-refractivity contribution >= 4 is 21.7 Å². The van der Waals surface area contributed by atoms with Crippen LogP contribution in [0.15, 0.2) is 46.9 Å². The standard InChI is InChI=1S/C16H15BrO3/c1-11(18)12-7-8-15(16(9-12)19-2)20-10-13-5-3-4-6-14(13)17/h3-9H,10H2,1-2H3. The molecule has 0 saturated heterocycles. The van der Waals surface area contributed by atoms with Crippen molar-refractivity contribution in [1.82, 2.24) is 0 Å². The highest BCUT2D eigenvalue weighted by molar-refractivity contribution is 9.10. The van der Waals surface area contributed by atoms with Gasteiger partial charge < -0.3 is 9.47 Å². The normalized spacial score (nSPS) is 10.2. The summed E-state index contributed by atoms with van der Waals surface area (Å²) in [6.45, 7) is 1.95. The average Bonchev–Trinajstić information content (AvgIpc) is 2.46. The van der Waals surface area contributed by atoms with Crippen molar-refractivity contribution in [3.05, 3.63) is 58.1 Å². The van der Waals surface area contributed by atoms with Crippen LogP contribution in [0.25, 0.3) is 0 Å². The SMILES string of the molecule is COc1cc(C(C)=O)ccc1OCc1ccccc1Br. The molecule has 0 amide bonds. The van der Waals surface area contributed by atoms with Crippen molar-refractivity contribution in [1.29, 1.82) is 0 Å². The van der Waals surface area contributed by atoms with Crippen LogP contribution in [-0.4, -0.2) is 12.9 Å². The van der Waals surface area contributed by atoms with Crippen molar-refractivity contribution in [2.45, 2.75) is 13.5 Å². The van der Waals surface area contributed by atoms with E-state index in [0.29, 0.717) is 23.7 Å². The van der Waals surface area contributed by atoms with Crippen molar-refractivity contribution in [2.24, 2.45) is 0 Å². The molecule has 0 aliphatic heterocycles. The highest BCUT2D eigenvalue weighted by Crippen LogP contribution is 2.29.